The van der Waals surface area contributed by atoms with Gasteiger partial charge in [0.25, 0.3) is 0 Å². The van der Waals surface area contributed by atoms with E-state index in [4.69, 9.17) is 5.11 Å². The minimum Gasteiger partial charge on any atom is -0.506 e. The number of pyridine rings is 1. The van der Waals surface area contributed by atoms with E-state index in [9.17, 15) is 9.90 Å². The molecule has 17 heavy (non-hydrogen) atoms. The van der Waals surface area contributed by atoms with Gasteiger partial charge < -0.3 is 10.2 Å². The van der Waals surface area contributed by atoms with Crippen LogP contribution in [0, 0.1) is 0 Å². The van der Waals surface area contributed by atoms with Gasteiger partial charge in [0, 0.05) is 5.56 Å². The monoisotopic (exact) mass is 229 g/mol. The lowest BCUT2D eigenvalue weighted by Gasteiger charge is -2.07. The summed E-state index contributed by atoms with van der Waals surface area (Å²) in [5.41, 5.74) is 1.93. The lowest BCUT2D eigenvalue weighted by atomic mass is 10.0. The molecule has 0 saturated carbocycles. The normalized spacial score (nSPS) is 10.1. The fourth-order valence-corrected chi connectivity index (χ4v) is 1.63. The number of hydrogen-bond acceptors (Lipinski definition) is 3. The van der Waals surface area contributed by atoms with E-state index in [1.807, 2.05) is 30.3 Å². The van der Waals surface area contributed by atoms with E-state index in [-0.39, 0.29) is 12.2 Å². The van der Waals surface area contributed by atoms with E-state index in [0.717, 1.165) is 5.56 Å². The number of carbonyl (C=O) groups is 1. The van der Waals surface area contributed by atoms with E-state index >= 15 is 0 Å². The molecule has 0 bridgehead atoms. The van der Waals surface area contributed by atoms with E-state index in [2.05, 4.69) is 4.98 Å². The maximum Gasteiger partial charge on any atom is 0.309 e. The van der Waals surface area contributed by atoms with Crippen LogP contribution >= 0.6 is 0 Å². The summed E-state index contributed by atoms with van der Waals surface area (Å²) in [5, 5.41) is 18.2. The Morgan fingerprint density at radius 2 is 1.94 bits per heavy atom. The lowest BCUT2D eigenvalue weighted by molar-refractivity contribution is -0.136. The molecule has 86 valence electrons. The Morgan fingerprint density at radius 3 is 2.59 bits per heavy atom. The first-order valence-electron chi connectivity index (χ1n) is 5.12. The van der Waals surface area contributed by atoms with Crippen molar-refractivity contribution in [1.29, 1.82) is 0 Å². The highest BCUT2D eigenvalue weighted by Crippen LogP contribution is 2.25. The highest BCUT2D eigenvalue weighted by Gasteiger charge is 2.10. The number of aromatic nitrogens is 1. The van der Waals surface area contributed by atoms with Crippen LogP contribution in [0.25, 0.3) is 11.1 Å². The van der Waals surface area contributed by atoms with Crippen molar-refractivity contribution in [2.45, 2.75) is 6.42 Å². The highest BCUT2D eigenvalue weighted by atomic mass is 16.4. The number of hydrogen-bond donors (Lipinski definition) is 2. The smallest absolute Gasteiger partial charge is 0.309 e. The molecule has 2 N–H and O–H groups in total. The Labute approximate surface area is 98.2 Å². The molecule has 4 heteroatoms. The number of rotatable bonds is 3. The van der Waals surface area contributed by atoms with Crippen LogP contribution in [0.4, 0.5) is 0 Å². The number of carboxylic acids is 1. The number of carboxylic acid groups (broad SMARTS) is 1. The molecule has 0 amide bonds. The Bertz CT molecular complexity index is 538. The number of aromatic hydroxyl groups is 1. The van der Waals surface area contributed by atoms with E-state index in [0.29, 0.717) is 11.3 Å². The summed E-state index contributed by atoms with van der Waals surface area (Å²) < 4.78 is 0. The van der Waals surface area contributed by atoms with Gasteiger partial charge in [-0.3, -0.25) is 9.78 Å². The van der Waals surface area contributed by atoms with Crippen LogP contribution in [0.3, 0.4) is 0 Å². The second-order valence-electron chi connectivity index (χ2n) is 3.62. The summed E-state index contributed by atoms with van der Waals surface area (Å²) in [6, 6.07) is 10.8. The number of aliphatic carboxylic acids is 1. The van der Waals surface area contributed by atoms with Gasteiger partial charge in [-0.05, 0) is 11.6 Å². The maximum absolute atomic E-state index is 10.7. The number of nitrogens with zero attached hydrogens (tertiary/aromatic N) is 1. The molecule has 0 aliphatic carbocycles. The van der Waals surface area contributed by atoms with Crippen LogP contribution in [0.1, 0.15) is 5.69 Å². The van der Waals surface area contributed by atoms with Crippen LogP contribution in [0.15, 0.2) is 42.6 Å². The molecule has 4 nitrogen and oxygen atoms in total. The van der Waals surface area contributed by atoms with Gasteiger partial charge in [0.1, 0.15) is 5.75 Å². The third-order valence-corrected chi connectivity index (χ3v) is 2.36. The first kappa shape index (κ1) is 11.1. The van der Waals surface area contributed by atoms with Gasteiger partial charge in [-0.1, -0.05) is 30.3 Å². The summed E-state index contributed by atoms with van der Waals surface area (Å²) in [6.45, 7) is 0. The molecule has 1 aromatic carbocycles. The molecule has 0 spiro atoms. The fourth-order valence-electron chi connectivity index (χ4n) is 1.63. The van der Waals surface area contributed by atoms with Gasteiger partial charge in [-0.15, -0.1) is 0 Å². The van der Waals surface area contributed by atoms with Crippen LogP contribution in [0.5, 0.6) is 5.75 Å². The zero-order valence-corrected chi connectivity index (χ0v) is 9.00. The van der Waals surface area contributed by atoms with E-state index in [1.54, 1.807) is 0 Å². The topological polar surface area (TPSA) is 70.4 Å². The largest absolute Gasteiger partial charge is 0.506 e. The number of benzene rings is 1. The Kier molecular flexibility index (Phi) is 3.05. The SMILES string of the molecule is O=C(O)Cc1ncc(O)cc1-c1ccccc1. The molecular weight excluding hydrogens is 218 g/mol. The molecule has 0 atom stereocenters. The standard InChI is InChI=1S/C13H11NO3/c15-10-6-11(9-4-2-1-3-5-9)12(14-8-10)7-13(16)17/h1-6,8,15H,7H2,(H,16,17). The summed E-state index contributed by atoms with van der Waals surface area (Å²) >= 11 is 0. The van der Waals surface area contributed by atoms with Gasteiger partial charge >= 0.3 is 5.97 Å². The van der Waals surface area contributed by atoms with Crippen LogP contribution in [-0.4, -0.2) is 21.2 Å². The molecule has 0 saturated heterocycles. The first-order valence-corrected chi connectivity index (χ1v) is 5.12. The van der Waals surface area contributed by atoms with Crippen molar-refractivity contribution in [2.75, 3.05) is 0 Å². The van der Waals surface area contributed by atoms with E-state index in [1.165, 1.54) is 12.3 Å². The summed E-state index contributed by atoms with van der Waals surface area (Å²) in [6.07, 6.45) is 1.09. The summed E-state index contributed by atoms with van der Waals surface area (Å²) in [4.78, 5) is 14.7. The highest BCUT2D eigenvalue weighted by molar-refractivity contribution is 5.75. The predicted molar refractivity (Wildman–Crippen MR) is 62.7 cm³/mol. The Balaban J connectivity index is 2.51. The van der Waals surface area contributed by atoms with Gasteiger partial charge in [-0.25, -0.2) is 0 Å². The van der Waals surface area contributed by atoms with Gasteiger partial charge in [0.15, 0.2) is 0 Å². The third kappa shape index (κ3) is 2.60. The zero-order valence-electron chi connectivity index (χ0n) is 9.00. The van der Waals surface area contributed by atoms with Gasteiger partial charge in [0.2, 0.25) is 0 Å². The van der Waals surface area contributed by atoms with Crippen molar-refractivity contribution >= 4 is 5.97 Å². The Morgan fingerprint density at radius 1 is 1.24 bits per heavy atom. The van der Waals surface area contributed by atoms with Crippen molar-refractivity contribution in [1.82, 2.24) is 4.98 Å². The second-order valence-corrected chi connectivity index (χ2v) is 3.62. The van der Waals surface area contributed by atoms with Crippen molar-refractivity contribution < 1.29 is 15.0 Å². The lowest BCUT2D eigenvalue weighted by Crippen LogP contribution is -2.04. The molecule has 1 heterocycles. The van der Waals surface area contributed by atoms with E-state index < -0.39 is 5.97 Å². The summed E-state index contributed by atoms with van der Waals surface area (Å²) in [7, 11) is 0. The molecule has 0 radical (unpaired) electrons. The van der Waals surface area contributed by atoms with Crippen molar-refractivity contribution in [3.63, 3.8) is 0 Å². The zero-order chi connectivity index (χ0) is 12.3. The fraction of sp³-hybridized carbons (Fsp3) is 0.0769. The molecule has 2 rings (SSSR count). The maximum atomic E-state index is 10.7. The molecule has 0 fully saturated rings. The van der Waals surface area contributed by atoms with Gasteiger partial charge in [-0.2, -0.15) is 0 Å². The molecule has 1 aromatic heterocycles. The molecule has 2 aromatic rings. The summed E-state index contributed by atoms with van der Waals surface area (Å²) in [5.74, 6) is -0.918. The molecule has 0 aliphatic heterocycles. The van der Waals surface area contributed by atoms with Gasteiger partial charge in [0.05, 0.1) is 18.3 Å². The minimum absolute atomic E-state index is 0.0259. The van der Waals surface area contributed by atoms with Crippen molar-refractivity contribution in [2.24, 2.45) is 0 Å². The molecular formula is C13H11NO3. The van der Waals surface area contributed by atoms with Crippen LogP contribution < -0.4 is 0 Å². The quantitative estimate of drug-likeness (QED) is 0.845. The minimum atomic E-state index is -0.944. The molecule has 0 aliphatic rings. The van der Waals surface area contributed by atoms with Crippen molar-refractivity contribution in [3.8, 4) is 16.9 Å². The Hall–Kier alpha value is -2.36. The van der Waals surface area contributed by atoms with Crippen LogP contribution in [-0.2, 0) is 11.2 Å². The molecule has 0 unspecified atom stereocenters. The van der Waals surface area contributed by atoms with Crippen LogP contribution in [0.2, 0.25) is 0 Å². The first-order chi connectivity index (χ1) is 8.16. The average molecular weight is 229 g/mol. The second kappa shape index (κ2) is 4.65. The predicted octanol–water partition coefficient (Wildman–Crippen LogP) is 2.08. The third-order valence-electron chi connectivity index (χ3n) is 2.36. The average Bonchev–Trinajstić information content (AvgIpc) is 2.32. The van der Waals surface area contributed by atoms with Crippen molar-refractivity contribution in [3.05, 3.63) is 48.3 Å².